The van der Waals surface area contributed by atoms with Crippen molar-refractivity contribution in [3.63, 3.8) is 0 Å². The third-order valence-electron chi connectivity index (χ3n) is 4.00. The molecule has 1 aliphatic rings. The van der Waals surface area contributed by atoms with Crippen molar-refractivity contribution in [1.82, 2.24) is 4.90 Å². The molecule has 0 radical (unpaired) electrons. The molecule has 24 heavy (non-hydrogen) atoms. The summed E-state index contributed by atoms with van der Waals surface area (Å²) in [5.41, 5.74) is 5.44. The van der Waals surface area contributed by atoms with E-state index in [0.29, 0.717) is 32.0 Å². The zero-order valence-corrected chi connectivity index (χ0v) is 14.6. The third kappa shape index (κ3) is 5.33. The predicted octanol–water partition coefficient (Wildman–Crippen LogP) is 2.60. The van der Waals surface area contributed by atoms with E-state index in [0.717, 1.165) is 25.3 Å². The second-order valence-corrected chi connectivity index (χ2v) is 6.28. The van der Waals surface area contributed by atoms with Crippen LogP contribution >= 0.6 is 11.6 Å². The predicted molar refractivity (Wildman–Crippen MR) is 90.7 cm³/mol. The van der Waals surface area contributed by atoms with E-state index in [-0.39, 0.29) is 17.0 Å². The van der Waals surface area contributed by atoms with Crippen molar-refractivity contribution in [3.05, 3.63) is 29.0 Å². The largest absolute Gasteiger partial charge is 0.479 e. The van der Waals surface area contributed by atoms with E-state index in [2.05, 4.69) is 0 Å². The number of ether oxygens (including phenoxy) is 2. The molecule has 1 atom stereocenters. The van der Waals surface area contributed by atoms with Crippen LogP contribution in [-0.4, -0.2) is 49.3 Å². The van der Waals surface area contributed by atoms with Crippen molar-refractivity contribution in [2.45, 2.75) is 38.4 Å². The van der Waals surface area contributed by atoms with Crippen LogP contribution in [0.15, 0.2) is 18.2 Å². The Morgan fingerprint density at radius 3 is 2.79 bits per heavy atom. The molecule has 0 aliphatic carbocycles. The maximum absolute atomic E-state index is 13.0. The summed E-state index contributed by atoms with van der Waals surface area (Å²) in [6, 6.07) is 3.85. The van der Waals surface area contributed by atoms with Gasteiger partial charge in [-0.15, -0.1) is 0 Å². The Morgan fingerprint density at radius 1 is 1.46 bits per heavy atom. The van der Waals surface area contributed by atoms with Gasteiger partial charge in [-0.25, -0.2) is 4.39 Å². The van der Waals surface area contributed by atoms with Gasteiger partial charge < -0.3 is 20.1 Å². The van der Waals surface area contributed by atoms with E-state index >= 15 is 0 Å². The highest BCUT2D eigenvalue weighted by molar-refractivity contribution is 6.32. The molecule has 1 unspecified atom stereocenters. The quantitative estimate of drug-likeness (QED) is 0.761. The number of carbonyl (C=O) groups excluding carboxylic acids is 1. The minimum absolute atomic E-state index is 0.101. The Bertz CT molecular complexity index is 551. The molecule has 2 N–H and O–H groups in total. The second kappa shape index (κ2) is 9.20. The van der Waals surface area contributed by atoms with Crippen molar-refractivity contribution in [2.75, 3.05) is 26.2 Å². The van der Waals surface area contributed by atoms with Crippen LogP contribution in [0.1, 0.15) is 26.2 Å². The van der Waals surface area contributed by atoms with Gasteiger partial charge in [0.1, 0.15) is 11.6 Å². The number of hydrogen-bond acceptors (Lipinski definition) is 4. The van der Waals surface area contributed by atoms with Crippen molar-refractivity contribution in [3.8, 4) is 5.75 Å². The van der Waals surface area contributed by atoms with Gasteiger partial charge in [0, 0.05) is 19.7 Å². The zero-order valence-electron chi connectivity index (χ0n) is 13.8. The molecule has 1 aromatic rings. The molecule has 0 saturated carbocycles. The Hall–Kier alpha value is -1.37. The first-order valence-corrected chi connectivity index (χ1v) is 8.61. The molecule has 1 heterocycles. The van der Waals surface area contributed by atoms with E-state index in [9.17, 15) is 9.18 Å². The minimum Gasteiger partial charge on any atom is -0.479 e. The Balaban J connectivity index is 1.81. The van der Waals surface area contributed by atoms with Gasteiger partial charge in [-0.05, 0) is 50.9 Å². The Morgan fingerprint density at radius 2 is 2.17 bits per heavy atom. The molecule has 0 spiro atoms. The smallest absolute Gasteiger partial charge is 0.263 e. The lowest BCUT2D eigenvalue weighted by Crippen LogP contribution is -2.46. The zero-order chi connectivity index (χ0) is 17.5. The highest BCUT2D eigenvalue weighted by Crippen LogP contribution is 2.26. The highest BCUT2D eigenvalue weighted by atomic mass is 35.5. The van der Waals surface area contributed by atoms with Gasteiger partial charge >= 0.3 is 0 Å². The lowest BCUT2D eigenvalue weighted by atomic mass is 10.1. The number of nitrogens with zero attached hydrogens (tertiary/aromatic N) is 1. The van der Waals surface area contributed by atoms with Crippen molar-refractivity contribution < 1.29 is 18.7 Å². The van der Waals surface area contributed by atoms with Crippen LogP contribution in [0.3, 0.4) is 0 Å². The van der Waals surface area contributed by atoms with Gasteiger partial charge in [-0.1, -0.05) is 11.6 Å². The van der Waals surface area contributed by atoms with Gasteiger partial charge in [0.05, 0.1) is 11.1 Å². The van der Waals surface area contributed by atoms with Gasteiger partial charge in [0.2, 0.25) is 0 Å². The summed E-state index contributed by atoms with van der Waals surface area (Å²) >= 11 is 5.93. The fourth-order valence-corrected chi connectivity index (χ4v) is 2.86. The highest BCUT2D eigenvalue weighted by Gasteiger charge is 2.27. The molecule has 2 rings (SSSR count). The van der Waals surface area contributed by atoms with Gasteiger partial charge in [-0.3, -0.25) is 4.79 Å². The number of hydrogen-bond donors (Lipinski definition) is 1. The molecule has 7 heteroatoms. The van der Waals surface area contributed by atoms with Gasteiger partial charge in [0.25, 0.3) is 5.91 Å². The standard InChI is InChI=1S/C17H24ClFN2O3/c1-12(24-16-4-3-13(19)11-15(16)18)17(22)21-8-5-14(6-9-21)23-10-2-7-20/h3-4,11-12,14H,2,5-10,20H2,1H3. The maximum Gasteiger partial charge on any atom is 0.263 e. The van der Waals surface area contributed by atoms with E-state index in [1.165, 1.54) is 12.1 Å². The van der Waals surface area contributed by atoms with E-state index < -0.39 is 11.9 Å². The van der Waals surface area contributed by atoms with Crippen LogP contribution < -0.4 is 10.5 Å². The first-order valence-electron chi connectivity index (χ1n) is 8.23. The number of carbonyl (C=O) groups is 1. The number of halogens is 2. The van der Waals surface area contributed by atoms with Crippen molar-refractivity contribution >= 4 is 17.5 Å². The molecule has 0 aromatic heterocycles. The summed E-state index contributed by atoms with van der Waals surface area (Å²) in [7, 11) is 0. The van der Waals surface area contributed by atoms with Gasteiger partial charge in [0.15, 0.2) is 6.10 Å². The minimum atomic E-state index is -0.678. The topological polar surface area (TPSA) is 64.8 Å². The maximum atomic E-state index is 13.0. The summed E-state index contributed by atoms with van der Waals surface area (Å²) in [6.07, 6.45) is 1.97. The molecular formula is C17H24ClFN2O3. The SMILES string of the molecule is CC(Oc1ccc(F)cc1Cl)C(=O)N1CCC(OCCCN)CC1. The third-order valence-corrected chi connectivity index (χ3v) is 4.30. The number of benzene rings is 1. The lowest BCUT2D eigenvalue weighted by Gasteiger charge is -2.33. The van der Waals surface area contributed by atoms with E-state index in [1.807, 2.05) is 0 Å². The monoisotopic (exact) mass is 358 g/mol. The molecule has 5 nitrogen and oxygen atoms in total. The molecule has 1 amide bonds. The average molecular weight is 359 g/mol. The van der Waals surface area contributed by atoms with Crippen LogP contribution in [0, 0.1) is 5.82 Å². The van der Waals surface area contributed by atoms with Crippen molar-refractivity contribution in [1.29, 1.82) is 0 Å². The average Bonchev–Trinajstić information content (AvgIpc) is 2.57. The van der Waals surface area contributed by atoms with E-state index in [4.69, 9.17) is 26.8 Å². The second-order valence-electron chi connectivity index (χ2n) is 5.87. The molecular weight excluding hydrogens is 335 g/mol. The summed E-state index contributed by atoms with van der Waals surface area (Å²) in [5.74, 6) is -0.238. The molecule has 134 valence electrons. The first-order chi connectivity index (χ1) is 11.5. The normalized spacial score (nSPS) is 16.9. The number of rotatable bonds is 7. The van der Waals surface area contributed by atoms with Crippen LogP contribution in [0.5, 0.6) is 5.75 Å². The van der Waals surface area contributed by atoms with Crippen LogP contribution in [0.25, 0.3) is 0 Å². The van der Waals surface area contributed by atoms with Gasteiger partial charge in [-0.2, -0.15) is 0 Å². The Labute approximate surface area is 146 Å². The fourth-order valence-electron chi connectivity index (χ4n) is 2.64. The first kappa shape index (κ1) is 19.0. The summed E-state index contributed by atoms with van der Waals surface area (Å²) in [5, 5.41) is 0.154. The van der Waals surface area contributed by atoms with Crippen LogP contribution in [-0.2, 0) is 9.53 Å². The summed E-state index contributed by atoms with van der Waals surface area (Å²) in [4.78, 5) is 14.2. The fraction of sp³-hybridized carbons (Fsp3) is 0.588. The number of amides is 1. The van der Waals surface area contributed by atoms with E-state index in [1.54, 1.807) is 11.8 Å². The summed E-state index contributed by atoms with van der Waals surface area (Å²) < 4.78 is 24.4. The van der Waals surface area contributed by atoms with Crippen molar-refractivity contribution in [2.24, 2.45) is 5.73 Å². The molecule has 1 saturated heterocycles. The molecule has 1 fully saturated rings. The van der Waals surface area contributed by atoms with Crippen LogP contribution in [0.2, 0.25) is 5.02 Å². The lowest BCUT2D eigenvalue weighted by molar-refractivity contribution is -0.140. The summed E-state index contributed by atoms with van der Waals surface area (Å²) in [6.45, 7) is 4.23. The molecule has 0 bridgehead atoms. The Kier molecular flexibility index (Phi) is 7.27. The molecule has 1 aromatic carbocycles. The number of nitrogens with two attached hydrogens (primary N) is 1. The molecule has 1 aliphatic heterocycles. The number of likely N-dealkylation sites (tertiary alicyclic amines) is 1. The number of piperidine rings is 1. The van der Waals surface area contributed by atoms with Crippen LogP contribution in [0.4, 0.5) is 4.39 Å².